The first kappa shape index (κ1) is 8.43. The van der Waals surface area contributed by atoms with E-state index in [9.17, 15) is 4.79 Å². The second-order valence-corrected chi connectivity index (χ2v) is 2.88. The summed E-state index contributed by atoms with van der Waals surface area (Å²) in [6, 6.07) is 0. The maximum Gasteiger partial charge on any atom is 0.246 e. The first-order chi connectivity index (χ1) is 4.18. The number of carbonyl (C=O) groups excluding carboxylic acids is 1. The molecule has 0 aromatic rings. The molecule has 0 aliphatic heterocycles. The average Bonchev–Trinajstić information content (AvgIpc) is 1.82. The smallest absolute Gasteiger partial charge is 0.246 e. The van der Waals surface area contributed by atoms with E-state index in [0.717, 1.165) is 15.7 Å². The minimum Gasteiger partial charge on any atom is -0.356 e. The Labute approximate surface area is 58.2 Å². The number of carbonyl (C=O) groups is 1. The third-order valence-electron chi connectivity index (χ3n) is 0.813. The minimum atomic E-state index is -0.0376. The van der Waals surface area contributed by atoms with Gasteiger partial charge in [0.2, 0.25) is 5.91 Å². The number of nitrogens with one attached hydrogen (secondary N) is 1. The van der Waals surface area contributed by atoms with Crippen LogP contribution in [-0.2, 0) is 4.79 Å². The number of hydrogen-bond donors (Lipinski definition) is 1. The van der Waals surface area contributed by atoms with E-state index in [1.165, 1.54) is 0 Å². The summed E-state index contributed by atoms with van der Waals surface area (Å²) in [7, 11) is 0.770. The molecule has 0 aromatic carbocycles. The van der Waals surface area contributed by atoms with Gasteiger partial charge in [-0.15, -0.1) is 0 Å². The molecule has 0 aliphatic carbocycles. The summed E-state index contributed by atoms with van der Waals surface area (Å²) >= 11 is 0. The Kier molecular flexibility index (Phi) is 4.04. The molecule has 0 aromatic heterocycles. The first-order valence-electron chi connectivity index (χ1n) is 2.76. The maximum absolute atomic E-state index is 10.7. The van der Waals surface area contributed by atoms with Gasteiger partial charge < -0.3 is 5.32 Å². The van der Waals surface area contributed by atoms with Crippen LogP contribution in [0.3, 0.4) is 0 Å². The van der Waals surface area contributed by atoms with Crippen LogP contribution >= 0.6 is 0 Å². The van der Waals surface area contributed by atoms with Crippen LogP contribution in [0.25, 0.3) is 0 Å². The Morgan fingerprint density at radius 1 is 1.78 bits per heavy atom. The molecule has 0 atom stereocenters. The molecule has 0 spiro atoms. The summed E-state index contributed by atoms with van der Waals surface area (Å²) in [4.78, 5) is 10.7. The van der Waals surface area contributed by atoms with Gasteiger partial charge in [-0.3, -0.25) is 4.79 Å². The first-order valence-corrected chi connectivity index (χ1v) is 4.47. The summed E-state index contributed by atoms with van der Waals surface area (Å²) < 4.78 is 0. The van der Waals surface area contributed by atoms with E-state index >= 15 is 0 Å². The lowest BCUT2D eigenvalue weighted by Crippen LogP contribution is -2.27. The van der Waals surface area contributed by atoms with E-state index in [1.807, 2.05) is 6.55 Å². The summed E-state index contributed by atoms with van der Waals surface area (Å²) in [6.07, 6.45) is 0.770. The molecule has 2 nitrogen and oxygen atoms in total. The van der Waals surface area contributed by atoms with Crippen LogP contribution in [0.15, 0.2) is 12.2 Å². The zero-order valence-electron chi connectivity index (χ0n) is 5.82. The molecule has 3 heteroatoms. The van der Waals surface area contributed by atoms with E-state index in [-0.39, 0.29) is 5.91 Å². The van der Waals surface area contributed by atoms with Crippen LogP contribution in [-0.4, -0.2) is 21.6 Å². The van der Waals surface area contributed by atoms with Gasteiger partial charge in [-0.1, -0.05) is 13.1 Å². The molecule has 0 bridgehead atoms. The lowest BCUT2D eigenvalue weighted by atomic mass is 10.3. The van der Waals surface area contributed by atoms with Crippen LogP contribution in [0.2, 0.25) is 6.55 Å². The van der Waals surface area contributed by atoms with E-state index in [4.69, 9.17) is 0 Å². The van der Waals surface area contributed by atoms with Gasteiger partial charge in [0, 0.05) is 11.7 Å². The van der Waals surface area contributed by atoms with E-state index in [2.05, 4.69) is 11.9 Å². The van der Waals surface area contributed by atoms with Gasteiger partial charge in [0.15, 0.2) is 0 Å². The molecule has 0 unspecified atom stereocenters. The number of amides is 1. The Bertz CT molecular complexity index is 122. The Morgan fingerprint density at radius 2 is 2.33 bits per heavy atom. The van der Waals surface area contributed by atoms with Gasteiger partial charge in [-0.05, 0) is 6.92 Å². The highest BCUT2D eigenvalue weighted by atomic mass is 28.2. The topological polar surface area (TPSA) is 29.1 Å². The van der Waals surface area contributed by atoms with Gasteiger partial charge in [-0.2, -0.15) is 0 Å². The highest BCUT2D eigenvalue weighted by Crippen LogP contribution is 1.83. The van der Waals surface area contributed by atoms with Crippen LogP contribution in [0.4, 0.5) is 0 Å². The zero-order chi connectivity index (χ0) is 7.28. The van der Waals surface area contributed by atoms with Crippen molar-refractivity contribution < 1.29 is 4.79 Å². The molecule has 50 valence electrons. The predicted octanol–water partition coefficient (Wildman–Crippen LogP) is 0.388. The van der Waals surface area contributed by atoms with Crippen LogP contribution in [0, 0.1) is 0 Å². The lowest BCUT2D eigenvalue weighted by molar-refractivity contribution is -0.117. The summed E-state index contributed by atoms with van der Waals surface area (Å²) in [5.74, 6) is -0.0376. The van der Waals surface area contributed by atoms with E-state index < -0.39 is 0 Å². The number of hydrogen-bond acceptors (Lipinski definition) is 1. The van der Waals surface area contributed by atoms with Crippen molar-refractivity contribution in [2.24, 2.45) is 0 Å². The molecule has 9 heavy (non-hydrogen) atoms. The normalized spacial score (nSPS) is 8.67. The third-order valence-corrected chi connectivity index (χ3v) is 1.34. The van der Waals surface area contributed by atoms with Gasteiger partial charge in [0.25, 0.3) is 0 Å². The molecule has 0 heterocycles. The molecular weight excluding hydrogens is 130 g/mol. The molecule has 2 radical (unpaired) electrons. The zero-order valence-corrected chi connectivity index (χ0v) is 6.82. The quantitative estimate of drug-likeness (QED) is 0.447. The predicted molar refractivity (Wildman–Crippen MR) is 39.4 cm³/mol. The standard InChI is InChI=1S/C6H11NOSi/c1-5(2)6(8)7-4-9-3/h1,4H2,2-3H3,(H,7,8). The largest absolute Gasteiger partial charge is 0.356 e. The summed E-state index contributed by atoms with van der Waals surface area (Å²) in [5, 5.41) is 2.71. The SMILES string of the molecule is C=C(C)C(=O)NC[Si]C. The van der Waals surface area contributed by atoms with Crippen molar-refractivity contribution in [1.29, 1.82) is 0 Å². The molecule has 0 fully saturated rings. The monoisotopic (exact) mass is 141 g/mol. The Balaban J connectivity index is 3.39. The molecular formula is C6H11NOSi. The van der Waals surface area contributed by atoms with Gasteiger partial charge in [-0.25, -0.2) is 0 Å². The highest BCUT2D eigenvalue weighted by molar-refractivity contribution is 6.34. The van der Waals surface area contributed by atoms with Gasteiger partial charge in [0.05, 0.1) is 9.52 Å². The second kappa shape index (κ2) is 4.32. The molecule has 1 amide bonds. The highest BCUT2D eigenvalue weighted by Gasteiger charge is 1.96. The summed E-state index contributed by atoms with van der Waals surface area (Å²) in [5.41, 5.74) is 0.577. The molecule has 1 N–H and O–H groups in total. The van der Waals surface area contributed by atoms with Crippen molar-refractivity contribution in [2.75, 3.05) is 6.17 Å². The molecule has 0 saturated heterocycles. The fourth-order valence-electron chi connectivity index (χ4n) is 0.320. The fraction of sp³-hybridized carbons (Fsp3) is 0.500. The van der Waals surface area contributed by atoms with Gasteiger partial charge >= 0.3 is 0 Å². The third kappa shape index (κ3) is 3.97. The maximum atomic E-state index is 10.7. The van der Waals surface area contributed by atoms with Gasteiger partial charge in [0.1, 0.15) is 0 Å². The average molecular weight is 141 g/mol. The fourth-order valence-corrected chi connectivity index (χ4v) is 0.657. The van der Waals surface area contributed by atoms with Crippen molar-refractivity contribution in [1.82, 2.24) is 5.32 Å². The number of rotatable bonds is 3. The Hall–Kier alpha value is -0.573. The Morgan fingerprint density at radius 3 is 2.67 bits per heavy atom. The van der Waals surface area contributed by atoms with Crippen molar-refractivity contribution in [3.8, 4) is 0 Å². The van der Waals surface area contributed by atoms with Crippen LogP contribution in [0.5, 0.6) is 0 Å². The molecule has 0 aliphatic rings. The van der Waals surface area contributed by atoms with Crippen LogP contribution < -0.4 is 5.32 Å². The van der Waals surface area contributed by atoms with Crippen molar-refractivity contribution in [2.45, 2.75) is 13.5 Å². The minimum absolute atomic E-state index is 0.0376. The van der Waals surface area contributed by atoms with Crippen molar-refractivity contribution in [3.05, 3.63) is 12.2 Å². The van der Waals surface area contributed by atoms with E-state index in [1.54, 1.807) is 6.92 Å². The van der Waals surface area contributed by atoms with Crippen molar-refractivity contribution in [3.63, 3.8) is 0 Å². The lowest BCUT2D eigenvalue weighted by Gasteiger charge is -1.99. The summed E-state index contributed by atoms with van der Waals surface area (Å²) in [6.45, 7) is 7.24. The van der Waals surface area contributed by atoms with E-state index in [0.29, 0.717) is 5.57 Å². The molecule has 0 rings (SSSR count). The molecule has 0 saturated carbocycles. The van der Waals surface area contributed by atoms with Crippen molar-refractivity contribution >= 4 is 15.4 Å². The second-order valence-electron chi connectivity index (χ2n) is 1.82. The van der Waals surface area contributed by atoms with Crippen LogP contribution in [0.1, 0.15) is 6.92 Å².